The molecule has 3 rings (SSSR count). The molecule has 0 aromatic rings. The first-order valence-electron chi connectivity index (χ1n) is 10.6. The van der Waals surface area contributed by atoms with Crippen molar-refractivity contribution in [2.24, 2.45) is 0 Å². The zero-order valence-electron chi connectivity index (χ0n) is 17.7. The summed E-state index contributed by atoms with van der Waals surface area (Å²) in [6.07, 6.45) is -25.4. The topological polar surface area (TPSA) is 269 Å². The predicted molar refractivity (Wildman–Crippen MR) is 101 cm³/mol. The Bertz CT molecular complexity index is 637. The quantitative estimate of drug-likeness (QED) is 0.154. The van der Waals surface area contributed by atoms with Crippen LogP contribution in [0.4, 0.5) is 0 Å². The Morgan fingerprint density at radius 1 is 0.441 bits per heavy atom. The van der Waals surface area contributed by atoms with Gasteiger partial charge in [-0.25, -0.2) is 0 Å². The van der Waals surface area contributed by atoms with Crippen molar-refractivity contribution in [3.63, 3.8) is 0 Å². The molecule has 3 aliphatic heterocycles. The molecule has 15 atom stereocenters. The minimum Gasteiger partial charge on any atom is -0.394 e. The van der Waals surface area contributed by atoms with Crippen molar-refractivity contribution in [2.75, 3.05) is 19.8 Å². The second-order valence-electron chi connectivity index (χ2n) is 8.33. The Kier molecular flexibility index (Phi) is 9.54. The number of hydrogen-bond donors (Lipinski definition) is 11. The normalized spacial score (nSPS) is 52.5. The summed E-state index contributed by atoms with van der Waals surface area (Å²) in [4.78, 5) is 0. The Balaban J connectivity index is 1.78. The molecule has 0 aliphatic carbocycles. The van der Waals surface area contributed by atoms with Gasteiger partial charge in [0.25, 0.3) is 0 Å². The summed E-state index contributed by atoms with van der Waals surface area (Å²) in [6.45, 7) is -2.34. The SMILES string of the molecule is OCC1O[C@H](OC2[C@@H](O)C(CO)O[C@@H](O[C@@H]3C(CO)O[C@@H](O)[C@@H](O)C3O)[C@H]2O)[C@@H](O)C(O)[C@H]1O. The minimum absolute atomic E-state index is 0.759. The first kappa shape index (κ1) is 27.9. The average Bonchev–Trinajstić information content (AvgIpc) is 2.83. The Hall–Kier alpha value is -0.640. The fourth-order valence-electron chi connectivity index (χ4n) is 4.05. The fourth-order valence-corrected chi connectivity index (χ4v) is 4.05. The van der Waals surface area contributed by atoms with Crippen LogP contribution < -0.4 is 0 Å². The van der Waals surface area contributed by atoms with Crippen molar-refractivity contribution in [3.8, 4) is 0 Å². The highest BCUT2D eigenvalue weighted by molar-refractivity contribution is 4.96. The number of aliphatic hydroxyl groups is 11. The first-order valence-corrected chi connectivity index (χ1v) is 10.6. The van der Waals surface area contributed by atoms with Gasteiger partial charge in [-0.15, -0.1) is 0 Å². The molecule has 3 heterocycles. The van der Waals surface area contributed by atoms with Gasteiger partial charge < -0.3 is 79.9 Å². The first-order chi connectivity index (χ1) is 16.0. The van der Waals surface area contributed by atoms with Gasteiger partial charge in [-0.3, -0.25) is 0 Å². The van der Waals surface area contributed by atoms with Crippen LogP contribution in [0.1, 0.15) is 0 Å². The molecule has 0 aromatic carbocycles. The summed E-state index contributed by atoms with van der Waals surface area (Å²) in [5.74, 6) is 0. The molecule has 0 radical (unpaired) electrons. The maximum absolute atomic E-state index is 10.8. The second-order valence-corrected chi connectivity index (χ2v) is 8.33. The van der Waals surface area contributed by atoms with E-state index in [0.717, 1.165) is 0 Å². The van der Waals surface area contributed by atoms with Gasteiger partial charge in [-0.1, -0.05) is 0 Å². The maximum Gasteiger partial charge on any atom is 0.187 e. The highest BCUT2D eigenvalue weighted by atomic mass is 16.7. The van der Waals surface area contributed by atoms with Gasteiger partial charge in [0.2, 0.25) is 0 Å². The van der Waals surface area contributed by atoms with E-state index in [9.17, 15) is 56.2 Å². The van der Waals surface area contributed by atoms with E-state index in [2.05, 4.69) is 0 Å². The van der Waals surface area contributed by atoms with Gasteiger partial charge >= 0.3 is 0 Å². The largest absolute Gasteiger partial charge is 0.394 e. The smallest absolute Gasteiger partial charge is 0.187 e. The van der Waals surface area contributed by atoms with E-state index in [1.165, 1.54) is 0 Å². The van der Waals surface area contributed by atoms with Gasteiger partial charge in [-0.05, 0) is 0 Å². The fraction of sp³-hybridized carbons (Fsp3) is 1.00. The van der Waals surface area contributed by atoms with E-state index in [4.69, 9.17) is 23.7 Å². The van der Waals surface area contributed by atoms with Crippen LogP contribution in [0.5, 0.6) is 0 Å². The lowest BCUT2D eigenvalue weighted by molar-refractivity contribution is -0.378. The Labute approximate surface area is 192 Å². The molecule has 16 nitrogen and oxygen atoms in total. The van der Waals surface area contributed by atoms with E-state index in [-0.39, 0.29) is 0 Å². The maximum atomic E-state index is 10.8. The van der Waals surface area contributed by atoms with E-state index < -0.39 is 112 Å². The molecular weight excluding hydrogens is 472 g/mol. The van der Waals surface area contributed by atoms with Crippen molar-refractivity contribution >= 4 is 0 Å². The van der Waals surface area contributed by atoms with Crippen LogP contribution in [0.3, 0.4) is 0 Å². The molecule has 11 N–H and O–H groups in total. The van der Waals surface area contributed by atoms with Crippen molar-refractivity contribution in [2.45, 2.75) is 92.1 Å². The highest BCUT2D eigenvalue weighted by Crippen LogP contribution is 2.32. The van der Waals surface area contributed by atoms with Gasteiger partial charge in [0.05, 0.1) is 19.8 Å². The van der Waals surface area contributed by atoms with E-state index in [1.807, 2.05) is 0 Å². The zero-order chi connectivity index (χ0) is 25.3. The van der Waals surface area contributed by atoms with Crippen LogP contribution in [0.15, 0.2) is 0 Å². The number of ether oxygens (including phenoxy) is 5. The molecule has 200 valence electrons. The molecule has 0 saturated carbocycles. The lowest BCUT2D eigenvalue weighted by atomic mass is 9.96. The molecule has 0 spiro atoms. The van der Waals surface area contributed by atoms with Gasteiger partial charge in [0, 0.05) is 0 Å². The molecule has 16 heteroatoms. The standard InChI is InChI=1S/C18H32O16/c19-1-4-7(22)9(24)12(27)17(31-4)34-15-8(23)5(2-20)32-18(13(15)28)33-14-6(3-21)30-16(29)11(26)10(14)25/h4-29H,1-3H2/t4?,5?,6?,7-,8-,9?,10?,11-,12-,13-,14+,15?,16+,17+,18-/m0/s1. The van der Waals surface area contributed by atoms with Gasteiger partial charge in [0.1, 0.15) is 73.2 Å². The third kappa shape index (κ3) is 5.37. The zero-order valence-corrected chi connectivity index (χ0v) is 17.7. The Morgan fingerprint density at radius 3 is 1.50 bits per heavy atom. The van der Waals surface area contributed by atoms with E-state index in [1.54, 1.807) is 0 Å². The molecule has 3 saturated heterocycles. The monoisotopic (exact) mass is 504 g/mol. The van der Waals surface area contributed by atoms with Crippen LogP contribution in [-0.2, 0) is 23.7 Å². The summed E-state index contributed by atoms with van der Waals surface area (Å²) >= 11 is 0. The summed E-state index contributed by atoms with van der Waals surface area (Å²) in [5.41, 5.74) is 0. The third-order valence-corrected chi connectivity index (χ3v) is 6.09. The average molecular weight is 504 g/mol. The summed E-state index contributed by atoms with van der Waals surface area (Å²) in [5, 5.41) is 109. The van der Waals surface area contributed by atoms with Gasteiger partial charge in [0.15, 0.2) is 18.9 Å². The van der Waals surface area contributed by atoms with Crippen molar-refractivity contribution in [3.05, 3.63) is 0 Å². The number of rotatable bonds is 7. The minimum atomic E-state index is -1.90. The molecule has 0 aromatic heterocycles. The third-order valence-electron chi connectivity index (χ3n) is 6.09. The number of hydrogen-bond acceptors (Lipinski definition) is 16. The molecule has 34 heavy (non-hydrogen) atoms. The van der Waals surface area contributed by atoms with Crippen LogP contribution in [0.2, 0.25) is 0 Å². The Morgan fingerprint density at radius 2 is 0.941 bits per heavy atom. The summed E-state index contributed by atoms with van der Waals surface area (Å²) < 4.78 is 26.4. The van der Waals surface area contributed by atoms with Crippen LogP contribution in [-0.4, -0.2) is 168 Å². The van der Waals surface area contributed by atoms with Crippen LogP contribution in [0, 0.1) is 0 Å². The molecule has 3 aliphatic rings. The number of aliphatic hydroxyl groups excluding tert-OH is 11. The molecule has 6 unspecified atom stereocenters. The van der Waals surface area contributed by atoms with E-state index >= 15 is 0 Å². The molecule has 0 bridgehead atoms. The summed E-state index contributed by atoms with van der Waals surface area (Å²) in [6, 6.07) is 0. The lowest BCUT2D eigenvalue weighted by Crippen LogP contribution is -2.66. The lowest BCUT2D eigenvalue weighted by Gasteiger charge is -2.47. The van der Waals surface area contributed by atoms with Gasteiger partial charge in [-0.2, -0.15) is 0 Å². The van der Waals surface area contributed by atoms with Crippen LogP contribution >= 0.6 is 0 Å². The molecular formula is C18H32O16. The van der Waals surface area contributed by atoms with Crippen molar-refractivity contribution in [1.29, 1.82) is 0 Å². The molecule has 0 amide bonds. The molecule has 3 fully saturated rings. The second kappa shape index (κ2) is 11.6. The van der Waals surface area contributed by atoms with Crippen molar-refractivity contribution in [1.82, 2.24) is 0 Å². The van der Waals surface area contributed by atoms with Crippen LogP contribution in [0.25, 0.3) is 0 Å². The highest BCUT2D eigenvalue weighted by Gasteiger charge is 2.53. The van der Waals surface area contributed by atoms with Crippen molar-refractivity contribution < 1.29 is 79.9 Å². The summed E-state index contributed by atoms with van der Waals surface area (Å²) in [7, 11) is 0. The predicted octanol–water partition coefficient (Wildman–Crippen LogP) is -7.57. The van der Waals surface area contributed by atoms with E-state index in [0.29, 0.717) is 0 Å².